The van der Waals surface area contributed by atoms with Gasteiger partial charge in [0.2, 0.25) is 5.78 Å². The number of hydrogen-bond donors (Lipinski definition) is 1. The fraction of sp³-hybridized carbons (Fsp3) is 0.556. The predicted molar refractivity (Wildman–Crippen MR) is 53.2 cm³/mol. The van der Waals surface area contributed by atoms with E-state index in [1.54, 1.807) is 0 Å². The summed E-state index contributed by atoms with van der Waals surface area (Å²) in [4.78, 5) is 20.6. The van der Waals surface area contributed by atoms with Crippen LogP contribution in [0.5, 0.6) is 0 Å². The van der Waals surface area contributed by atoms with Gasteiger partial charge in [-0.05, 0) is 0 Å². The first kappa shape index (κ1) is 12.5. The van der Waals surface area contributed by atoms with Crippen LogP contribution in [0.25, 0.3) is 0 Å². The Morgan fingerprint density at radius 2 is 2.00 bits per heavy atom. The zero-order valence-electron chi connectivity index (χ0n) is 8.37. The number of nitrogens with zero attached hydrogens (tertiary/aromatic N) is 2. The molecule has 1 aliphatic rings. The van der Waals surface area contributed by atoms with Crippen molar-refractivity contribution in [1.29, 1.82) is 0 Å². The molecule has 1 heterocycles. The Morgan fingerprint density at radius 3 is 2.69 bits per heavy atom. The van der Waals surface area contributed by atoms with E-state index < -0.39 is 24.4 Å². The topological polar surface area (TPSA) is 55.8 Å². The second-order valence-electron chi connectivity index (χ2n) is 3.24. The molecule has 0 fully saturated rings. The van der Waals surface area contributed by atoms with E-state index >= 15 is 0 Å². The van der Waals surface area contributed by atoms with Gasteiger partial charge in [0, 0.05) is 0 Å². The van der Waals surface area contributed by atoms with E-state index in [0.717, 1.165) is 12.4 Å². The standard InChI is InChI=1S/C9H10F3N3O/c10-9(11,12)7-3-13-1-2-14-5-8(16)6-15-4-7/h1,5-7H,2-4H2/p+1. The quantitative estimate of drug-likeness (QED) is 0.576. The van der Waals surface area contributed by atoms with Gasteiger partial charge in [0.15, 0.2) is 12.8 Å². The number of alkyl halides is 3. The molecule has 1 aliphatic heterocycles. The van der Waals surface area contributed by atoms with E-state index in [2.05, 4.69) is 15.0 Å². The summed E-state index contributed by atoms with van der Waals surface area (Å²) in [5, 5.41) is 0. The molecule has 0 aromatic rings. The lowest BCUT2D eigenvalue weighted by Crippen LogP contribution is -2.73. The molecule has 4 nitrogen and oxygen atoms in total. The van der Waals surface area contributed by atoms with E-state index in [1.165, 1.54) is 6.21 Å². The number of hydrogen-bond acceptors (Lipinski definition) is 3. The molecule has 0 aliphatic carbocycles. The van der Waals surface area contributed by atoms with Crippen LogP contribution in [-0.2, 0) is 4.79 Å². The highest BCUT2D eigenvalue weighted by Crippen LogP contribution is 2.25. The number of carbonyl (C=O) groups excluding carboxylic acids is 1. The largest absolute Gasteiger partial charge is 0.399 e. The molecule has 16 heavy (non-hydrogen) atoms. The summed E-state index contributed by atoms with van der Waals surface area (Å²) >= 11 is 0. The van der Waals surface area contributed by atoms with Gasteiger partial charge in [-0.2, -0.15) is 13.2 Å². The number of carbonyl (C=O) groups is 1. The Bertz CT molecular complexity index is 333. The number of Topliss-reactive ketones (excluding diaryl/α,β-unsaturated/α-hetero) is 1. The maximum Gasteiger partial charge on any atom is 0.399 e. The van der Waals surface area contributed by atoms with Crippen LogP contribution in [0.3, 0.4) is 0 Å². The molecule has 0 saturated heterocycles. The molecule has 1 atom stereocenters. The summed E-state index contributed by atoms with van der Waals surface area (Å²) < 4.78 is 37.3. The summed E-state index contributed by atoms with van der Waals surface area (Å²) in [6.45, 7) is -0.557. The van der Waals surface area contributed by atoms with Gasteiger partial charge >= 0.3 is 6.18 Å². The molecule has 0 aromatic heterocycles. The highest BCUT2D eigenvalue weighted by molar-refractivity contribution is 6.53. The number of ketones is 1. The number of nitrogens with one attached hydrogen (secondary N) is 1. The van der Waals surface area contributed by atoms with E-state index in [9.17, 15) is 18.0 Å². The van der Waals surface area contributed by atoms with Gasteiger partial charge in [-0.25, -0.2) is 4.99 Å². The first-order valence-corrected chi connectivity index (χ1v) is 4.65. The number of aliphatic imine (C=N–C) groups is 2. The molecule has 0 bridgehead atoms. The fourth-order valence-corrected chi connectivity index (χ4v) is 1.07. The van der Waals surface area contributed by atoms with Gasteiger partial charge < -0.3 is 0 Å². The average molecular weight is 234 g/mol. The number of halogens is 3. The Labute approximate surface area is 90.0 Å². The predicted octanol–water partition coefficient (Wildman–Crippen LogP) is -0.959. The zero-order valence-corrected chi connectivity index (χ0v) is 8.37. The Balaban J connectivity index is 2.76. The van der Waals surface area contributed by atoms with Crippen LogP contribution in [0.15, 0.2) is 9.98 Å². The molecule has 1 rings (SSSR count). The van der Waals surface area contributed by atoms with Crippen LogP contribution in [0.2, 0.25) is 0 Å². The fourth-order valence-electron chi connectivity index (χ4n) is 1.07. The highest BCUT2D eigenvalue weighted by Gasteiger charge is 2.41. The second-order valence-corrected chi connectivity index (χ2v) is 3.24. The first-order valence-electron chi connectivity index (χ1n) is 4.65. The van der Waals surface area contributed by atoms with Crippen molar-refractivity contribution in [3.05, 3.63) is 0 Å². The van der Waals surface area contributed by atoms with E-state index in [0.29, 0.717) is 0 Å². The van der Waals surface area contributed by atoms with Gasteiger partial charge in [0.1, 0.15) is 12.5 Å². The SMILES string of the molecule is O=C1C=NCC=[NH+]CC(C(F)(F)F)CN=C1. The van der Waals surface area contributed by atoms with Crippen LogP contribution >= 0.6 is 0 Å². The van der Waals surface area contributed by atoms with Gasteiger partial charge in [-0.3, -0.25) is 14.8 Å². The highest BCUT2D eigenvalue weighted by atomic mass is 19.4. The van der Waals surface area contributed by atoms with Crippen molar-refractivity contribution >= 4 is 24.4 Å². The molecule has 0 radical (unpaired) electrons. The molecule has 88 valence electrons. The third-order valence-corrected chi connectivity index (χ3v) is 1.93. The summed E-state index contributed by atoms with van der Waals surface area (Å²) in [7, 11) is 0. The van der Waals surface area contributed by atoms with Crippen molar-refractivity contribution in [3.63, 3.8) is 0 Å². The van der Waals surface area contributed by atoms with Crippen molar-refractivity contribution < 1.29 is 23.0 Å². The molecule has 0 aromatic carbocycles. The molecule has 1 unspecified atom stereocenters. The van der Waals surface area contributed by atoms with Gasteiger partial charge in [0.25, 0.3) is 0 Å². The first-order chi connectivity index (χ1) is 7.50. The average Bonchev–Trinajstić information content (AvgIpc) is 2.22. The normalized spacial score (nSPS) is 23.2. The lowest BCUT2D eigenvalue weighted by Gasteiger charge is -2.13. The monoisotopic (exact) mass is 234 g/mol. The maximum absolute atomic E-state index is 12.4. The van der Waals surface area contributed by atoms with Crippen LogP contribution in [0, 0.1) is 5.92 Å². The Hall–Kier alpha value is -1.53. The van der Waals surface area contributed by atoms with Gasteiger partial charge in [0.05, 0.1) is 19.0 Å². The van der Waals surface area contributed by atoms with Crippen LogP contribution in [0.4, 0.5) is 13.2 Å². The zero-order chi connectivity index (χ0) is 12.0. The minimum Gasteiger partial charge on any atom is -0.288 e. The van der Waals surface area contributed by atoms with E-state index in [4.69, 9.17) is 0 Å². The van der Waals surface area contributed by atoms with Crippen molar-refractivity contribution in [3.8, 4) is 0 Å². The molecule has 7 heteroatoms. The third-order valence-electron chi connectivity index (χ3n) is 1.93. The van der Waals surface area contributed by atoms with E-state index in [-0.39, 0.29) is 13.1 Å². The molecule has 1 N–H and O–H groups in total. The Morgan fingerprint density at radius 1 is 1.31 bits per heavy atom. The molecule has 0 saturated carbocycles. The summed E-state index contributed by atoms with van der Waals surface area (Å²) in [5.41, 5.74) is 0. The van der Waals surface area contributed by atoms with Crippen molar-refractivity contribution in [2.45, 2.75) is 6.18 Å². The van der Waals surface area contributed by atoms with Crippen LogP contribution in [0.1, 0.15) is 0 Å². The maximum atomic E-state index is 12.4. The van der Waals surface area contributed by atoms with Crippen molar-refractivity contribution in [2.24, 2.45) is 15.9 Å². The summed E-state index contributed by atoms with van der Waals surface area (Å²) in [6, 6.07) is 0. The molecule has 0 spiro atoms. The minimum atomic E-state index is -4.32. The molecular formula is C9H11F3N3O+. The third kappa shape index (κ3) is 4.33. The van der Waals surface area contributed by atoms with Crippen molar-refractivity contribution in [1.82, 2.24) is 0 Å². The summed E-state index contributed by atoms with van der Waals surface area (Å²) in [5.74, 6) is -2.10. The van der Waals surface area contributed by atoms with Gasteiger partial charge in [-0.15, -0.1) is 0 Å². The molecule has 0 amide bonds. The Kier molecular flexibility index (Phi) is 4.33. The van der Waals surface area contributed by atoms with Crippen LogP contribution < -0.4 is 4.99 Å². The smallest absolute Gasteiger partial charge is 0.288 e. The second kappa shape index (κ2) is 5.53. The molecular weight excluding hydrogens is 223 g/mol. The van der Waals surface area contributed by atoms with Crippen molar-refractivity contribution in [2.75, 3.05) is 19.6 Å². The lowest BCUT2D eigenvalue weighted by atomic mass is 10.1. The minimum absolute atomic E-state index is 0.157. The van der Waals surface area contributed by atoms with Crippen LogP contribution in [-0.4, -0.2) is 50.2 Å². The lowest BCUT2D eigenvalue weighted by molar-refractivity contribution is -0.472. The summed E-state index contributed by atoms with van der Waals surface area (Å²) in [6.07, 6.45) is -1.03. The van der Waals surface area contributed by atoms with Gasteiger partial charge in [-0.1, -0.05) is 0 Å². The number of rotatable bonds is 0. The van der Waals surface area contributed by atoms with E-state index in [1.807, 2.05) is 0 Å².